The van der Waals surface area contributed by atoms with Crippen molar-refractivity contribution in [1.29, 1.82) is 0 Å². The van der Waals surface area contributed by atoms with Crippen LogP contribution in [-0.4, -0.2) is 61.5 Å². The van der Waals surface area contributed by atoms with Gasteiger partial charge >= 0.3 is 0 Å². The maximum atomic E-state index is 12.3. The molecule has 0 spiro atoms. The molecule has 0 aliphatic carbocycles. The zero-order valence-electron chi connectivity index (χ0n) is 15.1. The van der Waals surface area contributed by atoms with E-state index in [0.717, 1.165) is 29.4 Å². The summed E-state index contributed by atoms with van der Waals surface area (Å²) >= 11 is 0. The summed E-state index contributed by atoms with van der Waals surface area (Å²) in [5.74, 6) is 1.50. The number of anilines is 1. The largest absolute Gasteiger partial charge is 0.441 e. The van der Waals surface area contributed by atoms with Crippen LogP contribution in [0.5, 0.6) is 0 Å². The fourth-order valence-electron chi connectivity index (χ4n) is 3.11. The number of benzene rings is 1. The van der Waals surface area contributed by atoms with Crippen LogP contribution in [-0.2, 0) is 9.53 Å². The van der Waals surface area contributed by atoms with Gasteiger partial charge in [0.1, 0.15) is 13.7 Å². The lowest BCUT2D eigenvalue weighted by molar-refractivity contribution is -0.118. The lowest BCUT2D eigenvalue weighted by Crippen LogP contribution is -2.41. The van der Waals surface area contributed by atoms with Crippen molar-refractivity contribution in [1.82, 2.24) is 14.9 Å². The number of carbonyl (C=O) groups excluding carboxylic acids is 1. The van der Waals surface area contributed by atoms with E-state index in [2.05, 4.69) is 15.3 Å². The van der Waals surface area contributed by atoms with E-state index in [0.29, 0.717) is 42.7 Å². The number of morpholine rings is 1. The fraction of sp³-hybridized carbons (Fsp3) is 0.316. The SMILES string of the molecule is [B]c1c(NC(=O)CN2CCOCC2)ncc2ccc(-c3cnc(C)o3)cc12. The quantitative estimate of drug-likeness (QED) is 0.704. The van der Waals surface area contributed by atoms with Crippen molar-refractivity contribution in [3.63, 3.8) is 0 Å². The Bertz CT molecular complexity index is 982. The van der Waals surface area contributed by atoms with Gasteiger partial charge in [-0.2, -0.15) is 0 Å². The molecule has 7 nitrogen and oxygen atoms in total. The Morgan fingerprint density at radius 1 is 1.26 bits per heavy atom. The first-order chi connectivity index (χ1) is 13.1. The molecule has 1 aliphatic heterocycles. The molecule has 4 rings (SSSR count). The predicted molar refractivity (Wildman–Crippen MR) is 103 cm³/mol. The summed E-state index contributed by atoms with van der Waals surface area (Å²) in [6.07, 6.45) is 3.38. The molecule has 3 heterocycles. The normalized spacial score (nSPS) is 15.1. The second kappa shape index (κ2) is 7.50. The van der Waals surface area contributed by atoms with E-state index in [1.807, 2.05) is 23.1 Å². The van der Waals surface area contributed by atoms with Crippen LogP contribution in [0.2, 0.25) is 0 Å². The number of rotatable bonds is 4. The van der Waals surface area contributed by atoms with Crippen LogP contribution >= 0.6 is 0 Å². The van der Waals surface area contributed by atoms with Crippen molar-refractivity contribution >= 4 is 35.8 Å². The third-order valence-electron chi connectivity index (χ3n) is 4.57. The topological polar surface area (TPSA) is 80.5 Å². The predicted octanol–water partition coefficient (Wildman–Crippen LogP) is 1.26. The average Bonchev–Trinajstić information content (AvgIpc) is 3.11. The molecule has 0 saturated carbocycles. The Kier molecular flexibility index (Phi) is 4.91. The standard InChI is InChI=1S/C19H19BN4O3/c1-12-21-10-16(27-12)13-2-3-14-9-22-19(18(20)15(14)8-13)23-17(25)11-24-4-6-26-7-5-24/h2-3,8-10H,4-7,11H2,1H3,(H,22,23,25). The lowest BCUT2D eigenvalue weighted by Gasteiger charge is -2.25. The maximum Gasteiger partial charge on any atom is 0.239 e. The van der Waals surface area contributed by atoms with Gasteiger partial charge in [0.15, 0.2) is 11.7 Å². The molecule has 1 aromatic carbocycles. The number of nitrogens with zero attached hydrogens (tertiary/aromatic N) is 3. The first-order valence-corrected chi connectivity index (χ1v) is 8.81. The smallest absolute Gasteiger partial charge is 0.239 e. The van der Waals surface area contributed by atoms with Crippen LogP contribution in [0.4, 0.5) is 5.82 Å². The van der Waals surface area contributed by atoms with Crippen molar-refractivity contribution in [2.75, 3.05) is 38.2 Å². The molecule has 1 N–H and O–H groups in total. The highest BCUT2D eigenvalue weighted by Crippen LogP contribution is 2.24. The zero-order valence-corrected chi connectivity index (χ0v) is 15.1. The van der Waals surface area contributed by atoms with E-state index in [9.17, 15) is 4.79 Å². The third kappa shape index (κ3) is 3.86. The Hall–Kier alpha value is -2.71. The maximum absolute atomic E-state index is 12.3. The molecule has 27 heavy (non-hydrogen) atoms. The number of amides is 1. The van der Waals surface area contributed by atoms with E-state index in [4.69, 9.17) is 17.0 Å². The van der Waals surface area contributed by atoms with Gasteiger partial charge in [0.05, 0.1) is 26.0 Å². The molecular formula is C19H19BN4O3. The van der Waals surface area contributed by atoms with Crippen molar-refractivity contribution in [3.05, 3.63) is 36.5 Å². The van der Waals surface area contributed by atoms with Gasteiger partial charge in [0, 0.05) is 31.8 Å². The Labute approximate surface area is 158 Å². The lowest BCUT2D eigenvalue weighted by atomic mass is 9.90. The van der Waals surface area contributed by atoms with E-state index in [1.54, 1.807) is 19.3 Å². The third-order valence-corrected chi connectivity index (χ3v) is 4.57. The van der Waals surface area contributed by atoms with Gasteiger partial charge in [-0.1, -0.05) is 12.1 Å². The summed E-state index contributed by atoms with van der Waals surface area (Å²) in [5.41, 5.74) is 1.30. The summed E-state index contributed by atoms with van der Waals surface area (Å²) in [4.78, 5) is 22.8. The number of oxazole rings is 1. The minimum atomic E-state index is -0.141. The molecular weight excluding hydrogens is 343 g/mol. The van der Waals surface area contributed by atoms with Gasteiger partial charge in [0.2, 0.25) is 5.91 Å². The first-order valence-electron chi connectivity index (χ1n) is 8.81. The van der Waals surface area contributed by atoms with E-state index >= 15 is 0 Å². The number of aromatic nitrogens is 2. The molecule has 1 fully saturated rings. The van der Waals surface area contributed by atoms with Crippen LogP contribution in [0.1, 0.15) is 5.89 Å². The number of pyridine rings is 1. The number of aryl methyl sites for hydroxylation is 1. The minimum absolute atomic E-state index is 0.141. The Balaban J connectivity index is 1.57. The molecule has 0 bridgehead atoms. The van der Waals surface area contributed by atoms with Crippen molar-refractivity contribution in [2.45, 2.75) is 6.92 Å². The molecule has 2 aromatic heterocycles. The van der Waals surface area contributed by atoms with Gasteiger partial charge < -0.3 is 14.5 Å². The highest BCUT2D eigenvalue weighted by atomic mass is 16.5. The number of nitrogens with one attached hydrogen (secondary N) is 1. The molecule has 0 unspecified atom stereocenters. The summed E-state index contributed by atoms with van der Waals surface area (Å²) in [7, 11) is 6.30. The highest BCUT2D eigenvalue weighted by molar-refractivity contribution is 6.42. The molecule has 0 atom stereocenters. The summed E-state index contributed by atoms with van der Waals surface area (Å²) in [6, 6.07) is 5.77. The number of fused-ring (bicyclic) bond motifs is 1. The Morgan fingerprint density at radius 2 is 2.07 bits per heavy atom. The second-order valence-electron chi connectivity index (χ2n) is 6.50. The van der Waals surface area contributed by atoms with Crippen LogP contribution in [0.15, 0.2) is 35.0 Å². The van der Waals surface area contributed by atoms with Gasteiger partial charge in [0.25, 0.3) is 0 Å². The van der Waals surface area contributed by atoms with Crippen molar-refractivity contribution in [3.8, 4) is 11.3 Å². The summed E-state index contributed by atoms with van der Waals surface area (Å²) < 4.78 is 10.9. The second-order valence-corrected chi connectivity index (χ2v) is 6.50. The van der Waals surface area contributed by atoms with Crippen LogP contribution in [0.25, 0.3) is 22.1 Å². The minimum Gasteiger partial charge on any atom is -0.441 e. The molecule has 1 saturated heterocycles. The number of hydrogen-bond acceptors (Lipinski definition) is 6. The number of ether oxygens (including phenoxy) is 1. The number of hydrogen-bond donors (Lipinski definition) is 1. The summed E-state index contributed by atoms with van der Waals surface area (Å²) in [5, 5.41) is 4.51. The van der Waals surface area contributed by atoms with E-state index in [-0.39, 0.29) is 5.91 Å². The van der Waals surface area contributed by atoms with Gasteiger partial charge in [-0.05, 0) is 22.3 Å². The van der Waals surface area contributed by atoms with E-state index < -0.39 is 0 Å². The molecule has 2 radical (unpaired) electrons. The highest BCUT2D eigenvalue weighted by Gasteiger charge is 2.16. The van der Waals surface area contributed by atoms with Crippen LogP contribution in [0.3, 0.4) is 0 Å². The molecule has 136 valence electrons. The molecule has 3 aromatic rings. The van der Waals surface area contributed by atoms with Crippen LogP contribution in [0, 0.1) is 6.92 Å². The summed E-state index contributed by atoms with van der Waals surface area (Å²) in [6.45, 7) is 4.87. The van der Waals surface area contributed by atoms with Gasteiger partial charge in [-0.3, -0.25) is 9.69 Å². The van der Waals surface area contributed by atoms with Crippen molar-refractivity contribution in [2.24, 2.45) is 0 Å². The number of carbonyl (C=O) groups is 1. The van der Waals surface area contributed by atoms with Crippen molar-refractivity contribution < 1.29 is 13.9 Å². The zero-order chi connectivity index (χ0) is 18.8. The average molecular weight is 362 g/mol. The van der Waals surface area contributed by atoms with Gasteiger partial charge in [-0.15, -0.1) is 0 Å². The van der Waals surface area contributed by atoms with Crippen LogP contribution < -0.4 is 10.8 Å². The van der Waals surface area contributed by atoms with Gasteiger partial charge in [-0.25, -0.2) is 9.97 Å². The van der Waals surface area contributed by atoms with E-state index in [1.165, 1.54) is 0 Å². The fourth-order valence-corrected chi connectivity index (χ4v) is 3.11. The Morgan fingerprint density at radius 3 is 2.81 bits per heavy atom. The first kappa shape index (κ1) is 17.7. The molecule has 1 amide bonds. The molecule has 8 heteroatoms. The molecule has 1 aliphatic rings. The monoisotopic (exact) mass is 362 g/mol.